The fourth-order valence-electron chi connectivity index (χ4n) is 2.47. The van der Waals surface area contributed by atoms with Gasteiger partial charge < -0.3 is 4.42 Å². The second kappa shape index (κ2) is 6.55. The van der Waals surface area contributed by atoms with E-state index in [9.17, 15) is 4.79 Å². The van der Waals surface area contributed by atoms with E-state index in [1.165, 1.54) is 5.01 Å². The Morgan fingerprint density at radius 3 is 2.73 bits per heavy atom. The third-order valence-corrected chi connectivity index (χ3v) is 3.98. The van der Waals surface area contributed by atoms with Crippen molar-refractivity contribution in [3.05, 3.63) is 59.0 Å². The van der Waals surface area contributed by atoms with Crippen LogP contribution in [-0.4, -0.2) is 22.5 Å². The molecule has 22 heavy (non-hydrogen) atoms. The Bertz CT molecular complexity index is 681. The molecule has 1 aliphatic heterocycles. The Morgan fingerprint density at radius 1 is 1.32 bits per heavy atom. The maximum absolute atomic E-state index is 12.3. The van der Waals surface area contributed by atoms with Gasteiger partial charge in [-0.25, -0.2) is 5.01 Å². The summed E-state index contributed by atoms with van der Waals surface area (Å²) < 4.78 is 5.39. The average molecular weight is 337 g/mol. The standard InChI is InChI=1S/C16H14Cl2N2O2/c17-8-7-16(21)20-14(11-3-5-12(18)6-4-11)10-13(19-20)15-2-1-9-22-15/h1-6,9,14H,7-8,10H2. The van der Waals surface area contributed by atoms with Gasteiger partial charge in [0.15, 0.2) is 0 Å². The van der Waals surface area contributed by atoms with Crippen LogP contribution in [0.5, 0.6) is 0 Å². The first kappa shape index (κ1) is 15.1. The van der Waals surface area contributed by atoms with Gasteiger partial charge in [-0.1, -0.05) is 23.7 Å². The summed E-state index contributed by atoms with van der Waals surface area (Å²) >= 11 is 11.6. The minimum Gasteiger partial charge on any atom is -0.463 e. The van der Waals surface area contributed by atoms with Crippen LogP contribution < -0.4 is 0 Å². The zero-order valence-corrected chi connectivity index (χ0v) is 13.2. The number of benzene rings is 1. The first-order chi connectivity index (χ1) is 10.7. The molecule has 1 atom stereocenters. The van der Waals surface area contributed by atoms with Crippen LogP contribution in [0.3, 0.4) is 0 Å². The number of halogens is 2. The quantitative estimate of drug-likeness (QED) is 0.784. The Morgan fingerprint density at radius 2 is 2.09 bits per heavy atom. The van der Waals surface area contributed by atoms with Crippen molar-refractivity contribution in [3.63, 3.8) is 0 Å². The molecule has 0 radical (unpaired) electrons. The highest BCUT2D eigenvalue weighted by Crippen LogP contribution is 2.33. The number of alkyl halides is 1. The Kier molecular flexibility index (Phi) is 4.50. The van der Waals surface area contributed by atoms with Crippen LogP contribution in [-0.2, 0) is 4.79 Å². The second-order valence-electron chi connectivity index (χ2n) is 4.97. The maximum Gasteiger partial charge on any atom is 0.244 e. The van der Waals surface area contributed by atoms with Crippen molar-refractivity contribution in [3.8, 4) is 0 Å². The van der Waals surface area contributed by atoms with Gasteiger partial charge in [-0.15, -0.1) is 11.6 Å². The number of hydrogen-bond acceptors (Lipinski definition) is 3. The highest BCUT2D eigenvalue weighted by molar-refractivity contribution is 6.30. The van der Waals surface area contributed by atoms with Gasteiger partial charge in [0.2, 0.25) is 5.91 Å². The van der Waals surface area contributed by atoms with Crippen molar-refractivity contribution < 1.29 is 9.21 Å². The van der Waals surface area contributed by atoms with Crippen molar-refractivity contribution in [2.45, 2.75) is 18.9 Å². The van der Waals surface area contributed by atoms with E-state index in [4.69, 9.17) is 27.6 Å². The van der Waals surface area contributed by atoms with E-state index in [1.807, 2.05) is 30.3 Å². The van der Waals surface area contributed by atoms with E-state index >= 15 is 0 Å². The summed E-state index contributed by atoms with van der Waals surface area (Å²) in [5, 5.41) is 6.61. The Balaban J connectivity index is 1.91. The number of hydrazone groups is 1. The van der Waals surface area contributed by atoms with Gasteiger partial charge >= 0.3 is 0 Å². The highest BCUT2D eigenvalue weighted by atomic mass is 35.5. The Labute approximate surface area is 138 Å². The summed E-state index contributed by atoms with van der Waals surface area (Å²) in [5.41, 5.74) is 1.74. The molecule has 114 valence electrons. The molecule has 0 saturated heterocycles. The van der Waals surface area contributed by atoms with Gasteiger partial charge in [-0.3, -0.25) is 4.79 Å². The monoisotopic (exact) mass is 336 g/mol. The zero-order chi connectivity index (χ0) is 15.5. The molecule has 0 spiro atoms. The topological polar surface area (TPSA) is 45.8 Å². The lowest BCUT2D eigenvalue weighted by atomic mass is 10.0. The molecule has 3 rings (SSSR count). The van der Waals surface area contributed by atoms with Crippen molar-refractivity contribution in [2.75, 3.05) is 5.88 Å². The molecule has 0 fully saturated rings. The number of hydrogen-bond donors (Lipinski definition) is 0. The molecule has 0 saturated carbocycles. The van der Waals surface area contributed by atoms with Crippen molar-refractivity contribution in [2.24, 2.45) is 5.10 Å². The minimum atomic E-state index is -0.159. The smallest absolute Gasteiger partial charge is 0.244 e. The average Bonchev–Trinajstić information content (AvgIpc) is 3.17. The van der Waals surface area contributed by atoms with Crippen molar-refractivity contribution >= 4 is 34.8 Å². The molecule has 0 N–H and O–H groups in total. The predicted molar refractivity (Wildman–Crippen MR) is 86.2 cm³/mol. The summed E-state index contributed by atoms with van der Waals surface area (Å²) in [6.45, 7) is 0. The van der Waals surface area contributed by atoms with E-state index in [1.54, 1.807) is 12.3 Å². The van der Waals surface area contributed by atoms with Crippen LogP contribution in [0.1, 0.15) is 30.2 Å². The summed E-state index contributed by atoms with van der Waals surface area (Å²) in [7, 11) is 0. The van der Waals surface area contributed by atoms with Gasteiger partial charge in [0.25, 0.3) is 0 Å². The van der Waals surface area contributed by atoms with Crippen molar-refractivity contribution in [1.29, 1.82) is 0 Å². The number of amides is 1. The number of rotatable bonds is 4. The third-order valence-electron chi connectivity index (χ3n) is 3.53. The van der Waals surface area contributed by atoms with E-state index in [2.05, 4.69) is 5.10 Å². The summed E-state index contributed by atoms with van der Waals surface area (Å²) in [4.78, 5) is 12.3. The summed E-state index contributed by atoms with van der Waals surface area (Å²) in [5.74, 6) is 0.852. The van der Waals surface area contributed by atoms with E-state index in [-0.39, 0.29) is 24.2 Å². The molecule has 1 aliphatic rings. The number of furan rings is 1. The molecule has 1 unspecified atom stereocenters. The van der Waals surface area contributed by atoms with Crippen LogP contribution in [0.25, 0.3) is 0 Å². The normalized spacial score (nSPS) is 17.6. The summed E-state index contributed by atoms with van der Waals surface area (Å²) in [6, 6.07) is 10.9. The molecule has 1 aromatic heterocycles. The van der Waals surface area contributed by atoms with Crippen LogP contribution >= 0.6 is 23.2 Å². The lowest BCUT2D eigenvalue weighted by Crippen LogP contribution is -2.27. The van der Waals surface area contributed by atoms with Crippen LogP contribution in [0.2, 0.25) is 5.02 Å². The van der Waals surface area contributed by atoms with Crippen molar-refractivity contribution in [1.82, 2.24) is 5.01 Å². The molecule has 1 amide bonds. The molecule has 1 aromatic carbocycles. The third kappa shape index (κ3) is 3.03. The largest absolute Gasteiger partial charge is 0.463 e. The fourth-order valence-corrected chi connectivity index (χ4v) is 2.76. The minimum absolute atomic E-state index is 0.100. The van der Waals surface area contributed by atoms with Gasteiger partial charge in [-0.05, 0) is 29.8 Å². The molecule has 0 aliphatic carbocycles. The van der Waals surface area contributed by atoms with Gasteiger partial charge in [0.1, 0.15) is 11.5 Å². The number of nitrogens with zero attached hydrogens (tertiary/aromatic N) is 2. The van der Waals surface area contributed by atoms with Gasteiger partial charge in [0, 0.05) is 23.7 Å². The SMILES string of the molecule is O=C(CCCl)N1N=C(c2ccco2)CC1c1ccc(Cl)cc1. The number of carbonyl (C=O) groups is 1. The number of carbonyl (C=O) groups excluding carboxylic acids is 1. The second-order valence-corrected chi connectivity index (χ2v) is 5.79. The summed E-state index contributed by atoms with van der Waals surface area (Å²) in [6.07, 6.45) is 2.45. The van der Waals surface area contributed by atoms with Crippen LogP contribution in [0, 0.1) is 0 Å². The highest BCUT2D eigenvalue weighted by Gasteiger charge is 2.33. The molecular weight excluding hydrogens is 323 g/mol. The zero-order valence-electron chi connectivity index (χ0n) is 11.7. The Hall–Kier alpha value is -1.78. The lowest BCUT2D eigenvalue weighted by molar-refractivity contribution is -0.132. The maximum atomic E-state index is 12.3. The molecular formula is C16H14Cl2N2O2. The lowest BCUT2D eigenvalue weighted by Gasteiger charge is -2.21. The first-order valence-corrected chi connectivity index (χ1v) is 7.85. The molecule has 6 heteroatoms. The molecule has 2 heterocycles. The van der Waals surface area contributed by atoms with E-state index in [0.717, 1.165) is 11.3 Å². The predicted octanol–water partition coefficient (Wildman–Crippen LogP) is 4.24. The first-order valence-electron chi connectivity index (χ1n) is 6.94. The van der Waals surface area contributed by atoms with E-state index < -0.39 is 0 Å². The van der Waals surface area contributed by atoms with Gasteiger partial charge in [-0.2, -0.15) is 5.10 Å². The molecule has 2 aromatic rings. The van der Waals surface area contributed by atoms with E-state index in [0.29, 0.717) is 17.2 Å². The van der Waals surface area contributed by atoms with Crippen LogP contribution in [0.4, 0.5) is 0 Å². The molecule has 0 bridgehead atoms. The fraction of sp³-hybridized carbons (Fsp3) is 0.250. The van der Waals surface area contributed by atoms with Gasteiger partial charge in [0.05, 0.1) is 12.3 Å². The van der Waals surface area contributed by atoms with Crippen LogP contribution in [0.15, 0.2) is 52.2 Å². The molecule has 4 nitrogen and oxygen atoms in total.